The molecule has 0 aromatic rings. The number of carbonyl (C=O) groups is 1. The van der Waals surface area contributed by atoms with Gasteiger partial charge in [0, 0.05) is 6.42 Å². The number of carbonyl (C=O) groups excluding carboxylic acids is 1. The van der Waals surface area contributed by atoms with E-state index in [0.29, 0.717) is 13.0 Å². The van der Waals surface area contributed by atoms with E-state index in [9.17, 15) is 4.79 Å². The second-order valence-corrected chi connectivity index (χ2v) is 6.32. The van der Waals surface area contributed by atoms with Crippen LogP contribution in [0.5, 0.6) is 0 Å². The summed E-state index contributed by atoms with van der Waals surface area (Å²) in [7, 11) is 0. The molecule has 2 aliphatic heterocycles. The molecule has 2 rings (SSSR count). The zero-order valence-corrected chi connectivity index (χ0v) is 13.3. The highest BCUT2D eigenvalue weighted by atomic mass is 16.8. The highest BCUT2D eigenvalue weighted by Crippen LogP contribution is 2.39. The molecular weight excluding hydrogens is 272 g/mol. The molecule has 0 aliphatic carbocycles. The third-order valence-corrected chi connectivity index (χ3v) is 3.68. The Labute approximate surface area is 126 Å². The van der Waals surface area contributed by atoms with Gasteiger partial charge in [-0.25, -0.2) is 0 Å². The maximum atomic E-state index is 10.5. The Morgan fingerprint density at radius 2 is 2.05 bits per heavy atom. The molecule has 120 valence electrons. The number of ether oxygens (including phenoxy) is 4. The first-order valence-electron chi connectivity index (χ1n) is 7.62. The molecule has 2 saturated heterocycles. The summed E-state index contributed by atoms with van der Waals surface area (Å²) in [5, 5.41) is 0. The number of aldehydes is 1. The zero-order valence-electron chi connectivity index (χ0n) is 13.3. The number of rotatable bonds is 7. The van der Waals surface area contributed by atoms with Gasteiger partial charge in [0.05, 0.1) is 12.7 Å². The number of allylic oxidation sites excluding steroid dienone is 1. The molecule has 0 spiro atoms. The fourth-order valence-electron chi connectivity index (χ4n) is 2.71. The van der Waals surface area contributed by atoms with Gasteiger partial charge in [-0.3, -0.25) is 0 Å². The van der Waals surface area contributed by atoms with E-state index in [1.807, 2.05) is 33.8 Å². The largest absolute Gasteiger partial charge is 0.369 e. The van der Waals surface area contributed by atoms with Crippen molar-refractivity contribution in [1.82, 2.24) is 0 Å². The van der Waals surface area contributed by atoms with Crippen LogP contribution < -0.4 is 0 Å². The van der Waals surface area contributed by atoms with Gasteiger partial charge < -0.3 is 23.7 Å². The first kappa shape index (κ1) is 16.6. The van der Waals surface area contributed by atoms with E-state index in [1.54, 1.807) is 0 Å². The van der Waals surface area contributed by atoms with Gasteiger partial charge in [0.15, 0.2) is 12.1 Å². The summed E-state index contributed by atoms with van der Waals surface area (Å²) in [5.41, 5.74) is 1.21. The van der Waals surface area contributed by atoms with Crippen molar-refractivity contribution in [3.63, 3.8) is 0 Å². The minimum atomic E-state index is -0.638. The Hall–Kier alpha value is -0.750. The standard InChI is InChI=1S/C16H26O5/c1-11(2)8-10-18-13-12(7-5-6-9-17)19-15-14(13)20-16(3,4)21-15/h8-9,12-15H,5-7,10H2,1-4H3/t12-,13+,14-,15-/m1/s1. The van der Waals surface area contributed by atoms with E-state index in [0.717, 1.165) is 19.1 Å². The lowest BCUT2D eigenvalue weighted by molar-refractivity contribution is -0.218. The lowest BCUT2D eigenvalue weighted by atomic mass is 10.1. The smallest absolute Gasteiger partial charge is 0.190 e. The van der Waals surface area contributed by atoms with Gasteiger partial charge in [0.2, 0.25) is 0 Å². The van der Waals surface area contributed by atoms with Gasteiger partial charge in [-0.15, -0.1) is 0 Å². The molecule has 5 nitrogen and oxygen atoms in total. The molecule has 0 radical (unpaired) electrons. The molecule has 4 atom stereocenters. The molecule has 0 aromatic heterocycles. The number of hydrogen-bond donors (Lipinski definition) is 0. The van der Waals surface area contributed by atoms with E-state index in [1.165, 1.54) is 5.57 Å². The fraction of sp³-hybridized carbons (Fsp3) is 0.812. The van der Waals surface area contributed by atoms with Gasteiger partial charge in [0.1, 0.15) is 18.5 Å². The molecule has 2 aliphatic rings. The van der Waals surface area contributed by atoms with Crippen LogP contribution in [0.15, 0.2) is 11.6 Å². The molecule has 5 heteroatoms. The van der Waals surface area contributed by atoms with Crippen LogP contribution in [0.25, 0.3) is 0 Å². The van der Waals surface area contributed by atoms with Gasteiger partial charge in [-0.05, 0) is 40.5 Å². The monoisotopic (exact) mass is 298 g/mol. The minimum absolute atomic E-state index is 0.0818. The van der Waals surface area contributed by atoms with Crippen molar-refractivity contribution in [2.45, 2.75) is 77.3 Å². The number of fused-ring (bicyclic) bond motifs is 1. The van der Waals surface area contributed by atoms with Crippen molar-refractivity contribution < 1.29 is 23.7 Å². The van der Waals surface area contributed by atoms with Crippen molar-refractivity contribution in [2.24, 2.45) is 0 Å². The average molecular weight is 298 g/mol. The second kappa shape index (κ2) is 7.01. The zero-order chi connectivity index (χ0) is 15.5. The summed E-state index contributed by atoms with van der Waals surface area (Å²) < 4.78 is 23.6. The summed E-state index contributed by atoms with van der Waals surface area (Å²) in [6.07, 6.45) is 4.27. The Morgan fingerprint density at radius 1 is 1.29 bits per heavy atom. The van der Waals surface area contributed by atoms with Crippen LogP contribution in [0.4, 0.5) is 0 Å². The predicted molar refractivity (Wildman–Crippen MR) is 77.8 cm³/mol. The summed E-state index contributed by atoms with van der Waals surface area (Å²) in [5.74, 6) is -0.638. The molecule has 21 heavy (non-hydrogen) atoms. The lowest BCUT2D eigenvalue weighted by Crippen LogP contribution is -2.37. The van der Waals surface area contributed by atoms with Crippen molar-refractivity contribution in [3.8, 4) is 0 Å². The number of hydrogen-bond acceptors (Lipinski definition) is 5. The third kappa shape index (κ3) is 4.36. The van der Waals surface area contributed by atoms with Gasteiger partial charge in [-0.1, -0.05) is 11.6 Å². The van der Waals surface area contributed by atoms with Crippen LogP contribution in [0.3, 0.4) is 0 Å². The Kier molecular flexibility index (Phi) is 5.54. The molecule has 0 aromatic carbocycles. The van der Waals surface area contributed by atoms with E-state index in [4.69, 9.17) is 18.9 Å². The Bertz CT molecular complexity index is 386. The second-order valence-electron chi connectivity index (χ2n) is 6.32. The van der Waals surface area contributed by atoms with Crippen LogP contribution in [0.2, 0.25) is 0 Å². The van der Waals surface area contributed by atoms with Crippen molar-refractivity contribution >= 4 is 6.29 Å². The quantitative estimate of drug-likeness (QED) is 0.411. The normalized spacial score (nSPS) is 33.7. The van der Waals surface area contributed by atoms with E-state index in [2.05, 4.69) is 0 Å². The Balaban J connectivity index is 1.97. The SMILES string of the molecule is CC(C)=CCO[C@@H]1[C@H]2OC(C)(C)O[C@H]2O[C@@H]1CCCC=O. The summed E-state index contributed by atoms with van der Waals surface area (Å²) in [4.78, 5) is 10.5. The molecule has 0 bridgehead atoms. The fourth-order valence-corrected chi connectivity index (χ4v) is 2.71. The van der Waals surface area contributed by atoms with E-state index in [-0.39, 0.29) is 24.6 Å². The molecule has 0 N–H and O–H groups in total. The van der Waals surface area contributed by atoms with Crippen LogP contribution in [-0.4, -0.2) is 43.3 Å². The summed E-state index contributed by atoms with van der Waals surface area (Å²) in [6, 6.07) is 0. The van der Waals surface area contributed by atoms with Gasteiger partial charge in [-0.2, -0.15) is 0 Å². The van der Waals surface area contributed by atoms with Crippen molar-refractivity contribution in [1.29, 1.82) is 0 Å². The first-order valence-corrected chi connectivity index (χ1v) is 7.62. The average Bonchev–Trinajstić information content (AvgIpc) is 2.83. The van der Waals surface area contributed by atoms with E-state index >= 15 is 0 Å². The van der Waals surface area contributed by atoms with E-state index < -0.39 is 5.79 Å². The van der Waals surface area contributed by atoms with Gasteiger partial charge >= 0.3 is 0 Å². The topological polar surface area (TPSA) is 54.0 Å². The molecule has 2 fully saturated rings. The summed E-state index contributed by atoms with van der Waals surface area (Å²) >= 11 is 0. The third-order valence-electron chi connectivity index (χ3n) is 3.68. The first-order chi connectivity index (χ1) is 9.93. The van der Waals surface area contributed by atoms with Crippen LogP contribution in [0, 0.1) is 0 Å². The van der Waals surface area contributed by atoms with Gasteiger partial charge in [0.25, 0.3) is 0 Å². The number of unbranched alkanes of at least 4 members (excludes halogenated alkanes) is 1. The molecular formula is C16H26O5. The van der Waals surface area contributed by atoms with Crippen LogP contribution in [-0.2, 0) is 23.7 Å². The lowest BCUT2D eigenvalue weighted by Gasteiger charge is -2.25. The molecule has 0 saturated carbocycles. The van der Waals surface area contributed by atoms with Crippen molar-refractivity contribution in [2.75, 3.05) is 6.61 Å². The molecule has 0 amide bonds. The highest BCUT2D eigenvalue weighted by Gasteiger charge is 2.54. The Morgan fingerprint density at radius 3 is 2.71 bits per heavy atom. The molecule has 0 unspecified atom stereocenters. The maximum absolute atomic E-state index is 10.5. The van der Waals surface area contributed by atoms with Crippen LogP contribution >= 0.6 is 0 Å². The predicted octanol–water partition coefficient (Wildman–Crippen LogP) is 2.58. The highest BCUT2D eigenvalue weighted by molar-refractivity contribution is 5.48. The minimum Gasteiger partial charge on any atom is -0.369 e. The molecule has 2 heterocycles. The van der Waals surface area contributed by atoms with Crippen molar-refractivity contribution in [3.05, 3.63) is 11.6 Å². The summed E-state index contributed by atoms with van der Waals surface area (Å²) in [6.45, 7) is 8.37. The van der Waals surface area contributed by atoms with Crippen LogP contribution in [0.1, 0.15) is 47.0 Å². The maximum Gasteiger partial charge on any atom is 0.190 e.